The van der Waals surface area contributed by atoms with Gasteiger partial charge in [-0.25, -0.2) is 4.98 Å². The predicted molar refractivity (Wildman–Crippen MR) is 144 cm³/mol. The van der Waals surface area contributed by atoms with Gasteiger partial charge < -0.3 is 25.2 Å². The van der Waals surface area contributed by atoms with Crippen LogP contribution in [0.1, 0.15) is 12.5 Å². The van der Waals surface area contributed by atoms with E-state index in [2.05, 4.69) is 54.7 Å². The van der Waals surface area contributed by atoms with Gasteiger partial charge in [0.25, 0.3) is 0 Å². The Kier molecular flexibility index (Phi) is 6.28. The molecule has 3 fully saturated rings. The van der Waals surface area contributed by atoms with Gasteiger partial charge in [-0.3, -0.25) is 9.88 Å². The third kappa shape index (κ3) is 4.33. The summed E-state index contributed by atoms with van der Waals surface area (Å²) in [5.74, 6) is 1.67. The molecule has 10 nitrogen and oxygen atoms in total. The Morgan fingerprint density at radius 1 is 0.973 bits per heavy atom. The number of anilines is 3. The molecular weight excluding hydrogens is 466 g/mol. The molecule has 6 rings (SSSR count). The molecule has 0 bridgehead atoms. The molecular formula is C27H33N9O. The molecule has 3 saturated heterocycles. The zero-order valence-corrected chi connectivity index (χ0v) is 21.4. The number of hydrogen-bond acceptors (Lipinski definition) is 10. The van der Waals surface area contributed by atoms with Crippen molar-refractivity contribution in [3.8, 4) is 6.07 Å². The number of rotatable bonds is 4. The number of hydrogen-bond donors (Lipinski definition) is 1. The molecule has 4 atom stereocenters. The number of ether oxygens (including phenoxy) is 1. The minimum atomic E-state index is -0.0379. The van der Waals surface area contributed by atoms with Crippen molar-refractivity contribution in [1.82, 2.24) is 19.9 Å². The Bertz CT molecular complexity index is 1330. The molecule has 0 aliphatic carbocycles. The number of nitrogens with two attached hydrogens (primary N) is 1. The Labute approximate surface area is 217 Å². The molecule has 0 unspecified atom stereocenters. The van der Waals surface area contributed by atoms with Gasteiger partial charge in [0.15, 0.2) is 0 Å². The summed E-state index contributed by atoms with van der Waals surface area (Å²) in [6.07, 6.45) is 3.61. The summed E-state index contributed by atoms with van der Waals surface area (Å²) in [6.45, 7) is 8.38. The number of nitriles is 1. The number of aromatic nitrogens is 3. The van der Waals surface area contributed by atoms with E-state index in [9.17, 15) is 5.26 Å². The van der Waals surface area contributed by atoms with E-state index in [1.165, 1.54) is 0 Å². The molecule has 2 N–H and O–H groups in total. The van der Waals surface area contributed by atoms with Crippen LogP contribution in [-0.4, -0.2) is 97.0 Å². The largest absolute Gasteiger partial charge is 0.378 e. The van der Waals surface area contributed by atoms with E-state index >= 15 is 0 Å². The van der Waals surface area contributed by atoms with Crippen molar-refractivity contribution in [2.75, 3.05) is 67.6 Å². The Morgan fingerprint density at radius 3 is 2.65 bits per heavy atom. The first-order chi connectivity index (χ1) is 18.1. The zero-order chi connectivity index (χ0) is 25.5. The second-order valence-corrected chi connectivity index (χ2v) is 10.3. The van der Waals surface area contributed by atoms with Gasteiger partial charge in [0, 0.05) is 88.5 Å². The minimum Gasteiger partial charge on any atom is -0.378 e. The highest BCUT2D eigenvalue weighted by molar-refractivity contribution is 5.95. The maximum Gasteiger partial charge on any atom is 0.227 e. The van der Waals surface area contributed by atoms with Gasteiger partial charge in [-0.15, -0.1) is 0 Å². The molecule has 10 heteroatoms. The monoisotopic (exact) mass is 499 g/mol. The van der Waals surface area contributed by atoms with Crippen LogP contribution in [0.5, 0.6) is 0 Å². The first-order valence-corrected chi connectivity index (χ1v) is 13.0. The predicted octanol–water partition coefficient (Wildman–Crippen LogP) is 1.46. The fourth-order valence-electron chi connectivity index (χ4n) is 6.17. The van der Waals surface area contributed by atoms with Crippen LogP contribution in [0.2, 0.25) is 0 Å². The third-order valence-electron chi connectivity index (χ3n) is 8.06. The standard InChI is InChI=1S/C27H33N9O/c1-18-13-34(23-6-5-19(12-28)26-21(23)4-3-8-30-26)15-20-14-33(10-11-36(18)20)25-7-9-31-27(32-25)35-16-22(29)24(17-35)37-2/h3-9,18,20,22,24H,10-11,13-17,29H2,1-2H3/t18-,20+,22-,24-/m1/s1. The summed E-state index contributed by atoms with van der Waals surface area (Å²) in [5.41, 5.74) is 8.77. The number of nitrogens with zero attached hydrogens (tertiary/aromatic N) is 8. The van der Waals surface area contributed by atoms with Crippen LogP contribution in [0, 0.1) is 11.3 Å². The van der Waals surface area contributed by atoms with Gasteiger partial charge in [-0.05, 0) is 37.3 Å². The SMILES string of the molecule is CO[C@@H]1CN(c2nccc(N3CCN4[C@@H](C3)CN(c3ccc(C#N)c5ncccc35)C[C@H]4C)n2)C[C@H]1N. The fourth-order valence-corrected chi connectivity index (χ4v) is 6.17. The van der Waals surface area contributed by atoms with Crippen molar-refractivity contribution in [1.29, 1.82) is 5.26 Å². The number of fused-ring (bicyclic) bond motifs is 2. The lowest BCUT2D eigenvalue weighted by Gasteiger charge is -2.51. The first-order valence-electron chi connectivity index (χ1n) is 13.0. The smallest absolute Gasteiger partial charge is 0.227 e. The summed E-state index contributed by atoms with van der Waals surface area (Å²) in [6, 6.07) is 13.0. The quantitative estimate of drug-likeness (QED) is 0.566. The second kappa shape index (κ2) is 9.74. The molecule has 3 aromatic rings. The lowest BCUT2D eigenvalue weighted by Crippen LogP contribution is -2.65. The van der Waals surface area contributed by atoms with Crippen LogP contribution in [0.25, 0.3) is 10.9 Å². The number of methoxy groups -OCH3 is 1. The van der Waals surface area contributed by atoms with E-state index < -0.39 is 0 Å². The highest BCUT2D eigenvalue weighted by Gasteiger charge is 2.37. The summed E-state index contributed by atoms with van der Waals surface area (Å²) >= 11 is 0. The highest BCUT2D eigenvalue weighted by atomic mass is 16.5. The second-order valence-electron chi connectivity index (χ2n) is 10.3. The van der Waals surface area contributed by atoms with E-state index in [0.29, 0.717) is 36.7 Å². The van der Waals surface area contributed by atoms with Gasteiger partial charge in [-0.1, -0.05) is 0 Å². The van der Waals surface area contributed by atoms with Crippen molar-refractivity contribution in [2.24, 2.45) is 5.73 Å². The molecule has 1 aromatic carbocycles. The van der Waals surface area contributed by atoms with Crippen LogP contribution < -0.4 is 20.4 Å². The first kappa shape index (κ1) is 23.9. The van der Waals surface area contributed by atoms with Gasteiger partial charge >= 0.3 is 0 Å². The van der Waals surface area contributed by atoms with Gasteiger partial charge in [0.2, 0.25) is 5.95 Å². The molecule has 37 heavy (non-hydrogen) atoms. The Hall–Kier alpha value is -3.52. The van der Waals surface area contributed by atoms with Gasteiger partial charge in [-0.2, -0.15) is 10.2 Å². The lowest BCUT2D eigenvalue weighted by atomic mass is 10.0. The summed E-state index contributed by atoms with van der Waals surface area (Å²) in [5, 5.41) is 10.6. The average molecular weight is 500 g/mol. The number of piperazine rings is 2. The fraction of sp³-hybridized carbons (Fsp3) is 0.481. The van der Waals surface area contributed by atoms with Crippen LogP contribution in [0.15, 0.2) is 42.7 Å². The molecule has 192 valence electrons. The van der Waals surface area contributed by atoms with Crippen molar-refractivity contribution in [3.63, 3.8) is 0 Å². The lowest BCUT2D eigenvalue weighted by molar-refractivity contribution is 0.108. The van der Waals surface area contributed by atoms with Crippen molar-refractivity contribution < 1.29 is 4.74 Å². The van der Waals surface area contributed by atoms with Crippen LogP contribution in [0.3, 0.4) is 0 Å². The van der Waals surface area contributed by atoms with Gasteiger partial charge in [0.1, 0.15) is 11.9 Å². The van der Waals surface area contributed by atoms with Crippen LogP contribution >= 0.6 is 0 Å². The van der Waals surface area contributed by atoms with E-state index in [1.807, 2.05) is 24.4 Å². The third-order valence-corrected chi connectivity index (χ3v) is 8.06. The van der Waals surface area contributed by atoms with Crippen LogP contribution in [0.4, 0.5) is 17.5 Å². The van der Waals surface area contributed by atoms with Crippen molar-refractivity contribution >= 4 is 28.4 Å². The molecule has 0 radical (unpaired) electrons. The van der Waals surface area contributed by atoms with Crippen molar-refractivity contribution in [2.45, 2.75) is 31.2 Å². The zero-order valence-electron chi connectivity index (χ0n) is 21.4. The molecule has 0 saturated carbocycles. The molecule has 3 aliphatic heterocycles. The normalized spacial score (nSPS) is 26.4. The topological polar surface area (TPSA) is 111 Å². The van der Waals surface area contributed by atoms with Crippen LogP contribution in [-0.2, 0) is 4.74 Å². The molecule has 5 heterocycles. The van der Waals surface area contributed by atoms with E-state index in [0.717, 1.165) is 55.1 Å². The van der Waals surface area contributed by atoms with E-state index in [-0.39, 0.29) is 12.1 Å². The summed E-state index contributed by atoms with van der Waals surface area (Å²) < 4.78 is 5.51. The molecule has 3 aliphatic rings. The van der Waals surface area contributed by atoms with E-state index in [4.69, 9.17) is 15.5 Å². The molecule has 0 amide bonds. The Balaban J connectivity index is 1.23. The maximum absolute atomic E-state index is 9.56. The highest BCUT2D eigenvalue weighted by Crippen LogP contribution is 2.32. The molecule has 2 aromatic heterocycles. The van der Waals surface area contributed by atoms with Gasteiger partial charge in [0.05, 0.1) is 23.2 Å². The summed E-state index contributed by atoms with van der Waals surface area (Å²) in [7, 11) is 1.70. The minimum absolute atomic E-state index is 0.000911. The summed E-state index contributed by atoms with van der Waals surface area (Å²) in [4.78, 5) is 23.6. The van der Waals surface area contributed by atoms with E-state index in [1.54, 1.807) is 13.3 Å². The molecule has 0 spiro atoms. The Morgan fingerprint density at radius 2 is 1.84 bits per heavy atom. The average Bonchev–Trinajstić information content (AvgIpc) is 3.32. The number of benzene rings is 1. The van der Waals surface area contributed by atoms with Crippen molar-refractivity contribution in [3.05, 3.63) is 48.3 Å². The maximum atomic E-state index is 9.56. The number of pyridine rings is 1.